The van der Waals surface area contributed by atoms with Gasteiger partial charge in [-0.05, 0) is 38.1 Å². The Bertz CT molecular complexity index is 565. The van der Waals surface area contributed by atoms with Crippen LogP contribution in [-0.2, 0) is 10.0 Å². The van der Waals surface area contributed by atoms with E-state index in [1.807, 2.05) is 7.05 Å². The van der Waals surface area contributed by atoms with E-state index in [9.17, 15) is 12.8 Å². The Balaban J connectivity index is 2.28. The van der Waals surface area contributed by atoms with Crippen molar-refractivity contribution < 1.29 is 12.8 Å². The quantitative estimate of drug-likeness (QED) is 0.927. The zero-order valence-electron chi connectivity index (χ0n) is 10.6. The van der Waals surface area contributed by atoms with E-state index in [2.05, 4.69) is 5.32 Å². The van der Waals surface area contributed by atoms with Gasteiger partial charge in [-0.3, -0.25) is 0 Å². The molecule has 0 amide bonds. The Kier molecular flexibility index (Phi) is 4.45. The smallest absolute Gasteiger partial charge is 0.243 e. The summed E-state index contributed by atoms with van der Waals surface area (Å²) >= 11 is 5.64. The first-order valence-electron chi connectivity index (χ1n) is 6.07. The lowest BCUT2D eigenvalue weighted by Gasteiger charge is -2.31. The summed E-state index contributed by atoms with van der Waals surface area (Å²) in [5.41, 5.74) is 0. The minimum Gasteiger partial charge on any atom is -0.316 e. The highest BCUT2D eigenvalue weighted by molar-refractivity contribution is 7.89. The third kappa shape index (κ3) is 3.08. The summed E-state index contributed by atoms with van der Waals surface area (Å²) in [6, 6.07) is 3.64. The van der Waals surface area contributed by atoms with E-state index in [0.717, 1.165) is 25.0 Å². The van der Waals surface area contributed by atoms with Crippen LogP contribution in [0.15, 0.2) is 23.1 Å². The van der Waals surface area contributed by atoms with Crippen LogP contribution in [0.4, 0.5) is 4.39 Å². The molecule has 0 saturated carbocycles. The molecule has 7 heteroatoms. The van der Waals surface area contributed by atoms with Gasteiger partial charge in [0.2, 0.25) is 10.0 Å². The summed E-state index contributed by atoms with van der Waals surface area (Å²) in [6.45, 7) is 0.906. The number of halogens is 2. The third-order valence-electron chi connectivity index (χ3n) is 3.32. The number of nitrogens with one attached hydrogen (secondary N) is 1. The van der Waals surface area contributed by atoms with Crippen molar-refractivity contribution in [3.05, 3.63) is 29.0 Å². The third-order valence-corrected chi connectivity index (χ3v) is 5.47. The molecule has 4 nitrogen and oxygen atoms in total. The molecule has 1 saturated heterocycles. The monoisotopic (exact) mass is 306 g/mol. The lowest BCUT2D eigenvalue weighted by atomic mass is 10.1. The average Bonchev–Trinajstić information content (AvgIpc) is 2.41. The lowest BCUT2D eigenvalue weighted by molar-refractivity contribution is 0.293. The van der Waals surface area contributed by atoms with Gasteiger partial charge in [0.1, 0.15) is 5.82 Å². The van der Waals surface area contributed by atoms with Gasteiger partial charge < -0.3 is 5.32 Å². The number of sulfonamides is 1. The van der Waals surface area contributed by atoms with Crippen LogP contribution in [0.1, 0.15) is 12.8 Å². The summed E-state index contributed by atoms with van der Waals surface area (Å²) < 4.78 is 39.4. The Labute approximate surface area is 117 Å². The number of piperidine rings is 1. The van der Waals surface area contributed by atoms with Crippen LogP contribution >= 0.6 is 11.6 Å². The number of hydrogen-bond donors (Lipinski definition) is 1. The van der Waals surface area contributed by atoms with Crippen molar-refractivity contribution in [2.45, 2.75) is 23.8 Å². The van der Waals surface area contributed by atoms with E-state index in [1.54, 1.807) is 0 Å². The highest BCUT2D eigenvalue weighted by Gasteiger charge is 2.29. The minimum atomic E-state index is -3.60. The van der Waals surface area contributed by atoms with Crippen molar-refractivity contribution in [3.8, 4) is 0 Å². The fourth-order valence-electron chi connectivity index (χ4n) is 2.18. The second kappa shape index (κ2) is 5.75. The molecular weight excluding hydrogens is 291 g/mol. The maximum atomic E-state index is 13.1. The Morgan fingerprint density at radius 3 is 2.84 bits per heavy atom. The SMILES string of the molecule is CN[C@@H]1CCCN(S(=O)(=O)c2ccc(F)c(Cl)c2)C1. The van der Waals surface area contributed by atoms with Crippen LogP contribution in [0.2, 0.25) is 5.02 Å². The highest BCUT2D eigenvalue weighted by atomic mass is 35.5. The molecule has 0 aromatic heterocycles. The number of hydrogen-bond acceptors (Lipinski definition) is 3. The van der Waals surface area contributed by atoms with Crippen molar-refractivity contribution in [1.29, 1.82) is 0 Å². The van der Waals surface area contributed by atoms with Crippen molar-refractivity contribution in [2.24, 2.45) is 0 Å². The largest absolute Gasteiger partial charge is 0.316 e. The maximum absolute atomic E-state index is 13.1. The molecule has 1 N–H and O–H groups in total. The molecule has 0 aliphatic carbocycles. The van der Waals surface area contributed by atoms with E-state index >= 15 is 0 Å². The van der Waals surface area contributed by atoms with Crippen molar-refractivity contribution in [2.75, 3.05) is 20.1 Å². The van der Waals surface area contributed by atoms with Crippen LogP contribution in [-0.4, -0.2) is 38.9 Å². The van der Waals surface area contributed by atoms with Gasteiger partial charge in [-0.2, -0.15) is 4.31 Å². The number of benzene rings is 1. The van der Waals surface area contributed by atoms with Crippen LogP contribution in [0.3, 0.4) is 0 Å². The maximum Gasteiger partial charge on any atom is 0.243 e. The molecule has 0 spiro atoms. The Morgan fingerprint density at radius 2 is 2.21 bits per heavy atom. The molecule has 106 valence electrons. The van der Waals surface area contributed by atoms with Crippen molar-refractivity contribution in [1.82, 2.24) is 9.62 Å². The van der Waals surface area contributed by atoms with Gasteiger partial charge in [-0.15, -0.1) is 0 Å². The first-order chi connectivity index (χ1) is 8.95. The van der Waals surface area contributed by atoms with Crippen LogP contribution in [0.5, 0.6) is 0 Å². The number of nitrogens with zero attached hydrogens (tertiary/aromatic N) is 1. The molecule has 1 aromatic rings. The highest BCUT2D eigenvalue weighted by Crippen LogP contribution is 2.24. The van der Waals surface area contributed by atoms with Gasteiger partial charge >= 0.3 is 0 Å². The molecule has 2 rings (SSSR count). The summed E-state index contributed by atoms with van der Waals surface area (Å²) in [7, 11) is -1.79. The van der Waals surface area contributed by atoms with Gasteiger partial charge in [0, 0.05) is 19.1 Å². The van der Waals surface area contributed by atoms with Gasteiger partial charge in [0.25, 0.3) is 0 Å². The van der Waals surface area contributed by atoms with Crippen LogP contribution in [0.25, 0.3) is 0 Å². The van der Waals surface area contributed by atoms with E-state index in [0.29, 0.717) is 13.1 Å². The predicted octanol–water partition coefficient (Wildman–Crippen LogP) is 1.85. The summed E-state index contributed by atoms with van der Waals surface area (Å²) in [5.74, 6) is -0.618. The minimum absolute atomic E-state index is 0.0376. The van der Waals surface area contributed by atoms with Gasteiger partial charge in [-0.25, -0.2) is 12.8 Å². The summed E-state index contributed by atoms with van der Waals surface area (Å²) in [5, 5.41) is 2.91. The molecule has 19 heavy (non-hydrogen) atoms. The zero-order chi connectivity index (χ0) is 14.0. The lowest BCUT2D eigenvalue weighted by Crippen LogP contribution is -2.46. The van der Waals surface area contributed by atoms with E-state index < -0.39 is 15.8 Å². The Morgan fingerprint density at radius 1 is 1.47 bits per heavy atom. The Hall–Kier alpha value is -0.690. The number of rotatable bonds is 3. The van der Waals surface area contributed by atoms with Gasteiger partial charge in [-0.1, -0.05) is 11.6 Å². The fraction of sp³-hybridized carbons (Fsp3) is 0.500. The van der Waals surface area contributed by atoms with E-state index in [-0.39, 0.29) is 16.0 Å². The molecule has 1 aliphatic rings. The molecule has 0 bridgehead atoms. The second-order valence-corrected chi connectivity index (χ2v) is 6.91. The molecule has 1 heterocycles. The predicted molar refractivity (Wildman–Crippen MR) is 72.3 cm³/mol. The van der Waals surface area contributed by atoms with Crippen molar-refractivity contribution >= 4 is 21.6 Å². The standard InChI is InChI=1S/C12H16ClFN2O2S/c1-15-9-3-2-6-16(8-9)19(17,18)10-4-5-12(14)11(13)7-10/h4-5,7,9,15H,2-3,6,8H2,1H3/t9-/m1/s1. The molecule has 1 fully saturated rings. The normalized spacial score (nSPS) is 21.5. The summed E-state index contributed by atoms with van der Waals surface area (Å²) in [6.07, 6.45) is 1.76. The van der Waals surface area contributed by atoms with E-state index in [4.69, 9.17) is 11.6 Å². The van der Waals surface area contributed by atoms with Crippen LogP contribution < -0.4 is 5.32 Å². The van der Waals surface area contributed by atoms with Gasteiger partial charge in [0.15, 0.2) is 0 Å². The molecule has 1 aliphatic heterocycles. The number of likely N-dealkylation sites (N-methyl/N-ethyl adjacent to an activating group) is 1. The second-order valence-electron chi connectivity index (χ2n) is 4.57. The van der Waals surface area contributed by atoms with Crippen LogP contribution in [0, 0.1) is 5.82 Å². The zero-order valence-corrected chi connectivity index (χ0v) is 12.1. The van der Waals surface area contributed by atoms with Gasteiger partial charge in [0.05, 0.1) is 9.92 Å². The molecular formula is C12H16ClFN2O2S. The fourth-order valence-corrected chi connectivity index (χ4v) is 3.98. The topological polar surface area (TPSA) is 49.4 Å². The van der Waals surface area contributed by atoms with E-state index in [1.165, 1.54) is 10.4 Å². The molecule has 1 atom stereocenters. The molecule has 0 radical (unpaired) electrons. The first-order valence-corrected chi connectivity index (χ1v) is 7.89. The molecule has 1 aromatic carbocycles. The first kappa shape index (κ1) is 14.7. The average molecular weight is 307 g/mol. The van der Waals surface area contributed by atoms with Crippen molar-refractivity contribution in [3.63, 3.8) is 0 Å². The summed E-state index contributed by atoms with van der Waals surface area (Å²) in [4.78, 5) is 0.0376. The molecule has 0 unspecified atom stereocenters.